The van der Waals surface area contributed by atoms with Gasteiger partial charge in [0.25, 0.3) is 0 Å². The van der Waals surface area contributed by atoms with Gasteiger partial charge >= 0.3 is 0 Å². The molecule has 122 valence electrons. The second kappa shape index (κ2) is 6.71. The van der Waals surface area contributed by atoms with E-state index in [4.69, 9.17) is 27.9 Å². The van der Waals surface area contributed by atoms with Gasteiger partial charge in [0, 0.05) is 29.2 Å². The van der Waals surface area contributed by atoms with Crippen LogP contribution in [0.3, 0.4) is 0 Å². The number of methoxy groups -OCH3 is 1. The summed E-state index contributed by atoms with van der Waals surface area (Å²) in [5.74, 6) is 0.341. The van der Waals surface area contributed by atoms with Crippen LogP contribution in [0.15, 0.2) is 30.6 Å². The third kappa shape index (κ3) is 3.05. The zero-order valence-corrected chi connectivity index (χ0v) is 14.9. The molecule has 0 aliphatic heterocycles. The average Bonchev–Trinajstić information content (AvgIpc) is 2.56. The molecule has 7 heteroatoms. The quantitative estimate of drug-likeness (QED) is 0.686. The summed E-state index contributed by atoms with van der Waals surface area (Å²) in [7, 11) is 1.53. The summed E-state index contributed by atoms with van der Waals surface area (Å²) in [6.45, 7) is 3.80. The molecular formula is C17H14Cl2N4O. The van der Waals surface area contributed by atoms with E-state index >= 15 is 0 Å². The van der Waals surface area contributed by atoms with E-state index in [0.717, 1.165) is 22.5 Å². The zero-order chi connectivity index (χ0) is 17.3. The number of ether oxygens (including phenoxy) is 1. The van der Waals surface area contributed by atoms with Gasteiger partial charge in [0.15, 0.2) is 0 Å². The largest absolute Gasteiger partial charge is 0.479 e. The van der Waals surface area contributed by atoms with Crippen LogP contribution in [-0.4, -0.2) is 27.3 Å². The minimum atomic E-state index is 0.341. The maximum atomic E-state index is 6.36. The predicted octanol–water partition coefficient (Wildman–Crippen LogP) is 4.53. The van der Waals surface area contributed by atoms with Crippen LogP contribution in [-0.2, 0) is 0 Å². The molecular weight excluding hydrogens is 347 g/mol. The fraction of sp³-hybridized carbons (Fsp3) is 0.176. The molecule has 3 aromatic rings. The molecule has 24 heavy (non-hydrogen) atoms. The van der Waals surface area contributed by atoms with Crippen molar-refractivity contribution in [3.8, 4) is 28.3 Å². The molecule has 5 nitrogen and oxygen atoms in total. The molecule has 3 rings (SSSR count). The molecule has 0 fully saturated rings. The smallest absolute Gasteiger partial charge is 0.243 e. The number of hydrogen-bond acceptors (Lipinski definition) is 5. The Morgan fingerprint density at radius 3 is 2.38 bits per heavy atom. The van der Waals surface area contributed by atoms with Crippen LogP contribution in [0.1, 0.15) is 11.4 Å². The lowest BCUT2D eigenvalue weighted by molar-refractivity contribution is 0.393. The van der Waals surface area contributed by atoms with Crippen molar-refractivity contribution >= 4 is 23.2 Å². The molecule has 0 saturated carbocycles. The second-order valence-corrected chi connectivity index (χ2v) is 6.06. The van der Waals surface area contributed by atoms with Gasteiger partial charge in [-0.15, -0.1) is 5.10 Å². The zero-order valence-electron chi connectivity index (χ0n) is 13.3. The average molecular weight is 361 g/mol. The fourth-order valence-electron chi connectivity index (χ4n) is 2.44. The fourth-order valence-corrected chi connectivity index (χ4v) is 2.91. The van der Waals surface area contributed by atoms with Gasteiger partial charge in [-0.25, -0.2) is 0 Å². The minimum Gasteiger partial charge on any atom is -0.479 e. The standard InChI is InChI=1S/C17H14Cl2N4O/c1-9-4-5-11(7-20-9)14-10(2)22-23-17(24-3)15(14)16-13(19)6-12(18)8-21-16/h4-8H,1-3H3. The molecule has 0 saturated heterocycles. The topological polar surface area (TPSA) is 60.8 Å². The molecule has 0 N–H and O–H groups in total. The van der Waals surface area contributed by atoms with Crippen molar-refractivity contribution in [2.45, 2.75) is 13.8 Å². The lowest BCUT2D eigenvalue weighted by Gasteiger charge is -2.15. The Morgan fingerprint density at radius 1 is 0.958 bits per heavy atom. The van der Waals surface area contributed by atoms with Crippen LogP contribution in [0.2, 0.25) is 10.0 Å². The van der Waals surface area contributed by atoms with Crippen molar-refractivity contribution in [3.63, 3.8) is 0 Å². The first-order chi connectivity index (χ1) is 11.5. The molecule has 3 heterocycles. The highest BCUT2D eigenvalue weighted by atomic mass is 35.5. The summed E-state index contributed by atoms with van der Waals surface area (Å²) in [5.41, 5.74) is 4.56. The highest BCUT2D eigenvalue weighted by Gasteiger charge is 2.22. The molecule has 0 spiro atoms. The van der Waals surface area contributed by atoms with Crippen molar-refractivity contribution in [1.82, 2.24) is 20.2 Å². The molecule has 0 aromatic carbocycles. The van der Waals surface area contributed by atoms with E-state index in [1.807, 2.05) is 26.0 Å². The molecule has 3 aromatic heterocycles. The Labute approximate surface area is 149 Å². The number of rotatable bonds is 3. The van der Waals surface area contributed by atoms with Crippen molar-refractivity contribution in [2.75, 3.05) is 7.11 Å². The monoisotopic (exact) mass is 360 g/mol. The molecule has 0 radical (unpaired) electrons. The van der Waals surface area contributed by atoms with Crippen LogP contribution < -0.4 is 4.74 Å². The Kier molecular flexibility index (Phi) is 4.64. The van der Waals surface area contributed by atoms with Crippen molar-refractivity contribution in [3.05, 3.63) is 52.0 Å². The van der Waals surface area contributed by atoms with Crippen molar-refractivity contribution in [1.29, 1.82) is 0 Å². The van der Waals surface area contributed by atoms with E-state index in [9.17, 15) is 0 Å². The molecule has 0 atom stereocenters. The predicted molar refractivity (Wildman–Crippen MR) is 94.5 cm³/mol. The molecule has 0 aliphatic rings. The third-order valence-electron chi connectivity index (χ3n) is 3.55. The number of aryl methyl sites for hydroxylation is 2. The van der Waals surface area contributed by atoms with Crippen LogP contribution in [0, 0.1) is 13.8 Å². The van der Waals surface area contributed by atoms with E-state index in [1.165, 1.54) is 13.3 Å². The lowest BCUT2D eigenvalue weighted by Crippen LogP contribution is -2.02. The molecule has 0 bridgehead atoms. The van der Waals surface area contributed by atoms with Gasteiger partial charge in [-0.2, -0.15) is 5.10 Å². The van der Waals surface area contributed by atoms with Gasteiger partial charge in [-0.3, -0.25) is 9.97 Å². The first-order valence-electron chi connectivity index (χ1n) is 7.17. The first-order valence-corrected chi connectivity index (χ1v) is 7.92. The highest BCUT2D eigenvalue weighted by molar-refractivity contribution is 6.36. The summed E-state index contributed by atoms with van der Waals surface area (Å²) >= 11 is 12.3. The number of aromatic nitrogens is 4. The minimum absolute atomic E-state index is 0.341. The van der Waals surface area contributed by atoms with Crippen molar-refractivity contribution in [2.24, 2.45) is 0 Å². The number of nitrogens with zero attached hydrogens (tertiary/aromatic N) is 4. The van der Waals surface area contributed by atoms with Gasteiger partial charge in [-0.1, -0.05) is 29.3 Å². The van der Waals surface area contributed by atoms with Crippen LogP contribution >= 0.6 is 23.2 Å². The van der Waals surface area contributed by atoms with E-state index < -0.39 is 0 Å². The normalized spacial score (nSPS) is 10.7. The van der Waals surface area contributed by atoms with Gasteiger partial charge in [0.1, 0.15) is 0 Å². The Bertz CT molecular complexity index is 898. The van der Waals surface area contributed by atoms with E-state index in [-0.39, 0.29) is 0 Å². The second-order valence-electron chi connectivity index (χ2n) is 5.22. The maximum absolute atomic E-state index is 6.36. The van der Waals surface area contributed by atoms with Crippen LogP contribution in [0.25, 0.3) is 22.4 Å². The number of halogens is 2. The summed E-state index contributed by atoms with van der Waals surface area (Å²) in [4.78, 5) is 8.73. The maximum Gasteiger partial charge on any atom is 0.243 e. The third-order valence-corrected chi connectivity index (χ3v) is 4.05. The van der Waals surface area contributed by atoms with Gasteiger partial charge in [0.05, 0.1) is 34.1 Å². The Balaban J connectivity index is 2.34. The first kappa shape index (κ1) is 16.6. The number of hydrogen-bond donors (Lipinski definition) is 0. The molecule has 0 amide bonds. The summed E-state index contributed by atoms with van der Waals surface area (Å²) in [6, 6.07) is 5.54. The van der Waals surface area contributed by atoms with Gasteiger partial charge in [0.2, 0.25) is 5.88 Å². The summed E-state index contributed by atoms with van der Waals surface area (Å²) in [6.07, 6.45) is 3.32. The van der Waals surface area contributed by atoms with E-state index in [1.54, 1.807) is 12.3 Å². The SMILES string of the molecule is COc1nnc(C)c(-c2ccc(C)nc2)c1-c1ncc(Cl)cc1Cl. The lowest BCUT2D eigenvalue weighted by atomic mass is 9.98. The molecule has 0 unspecified atom stereocenters. The van der Waals surface area contributed by atoms with E-state index in [2.05, 4.69) is 20.2 Å². The molecule has 0 aliphatic carbocycles. The van der Waals surface area contributed by atoms with Gasteiger partial charge < -0.3 is 4.74 Å². The Hall–Kier alpha value is -2.24. The van der Waals surface area contributed by atoms with Crippen LogP contribution in [0.4, 0.5) is 0 Å². The van der Waals surface area contributed by atoms with Crippen LogP contribution in [0.5, 0.6) is 5.88 Å². The number of pyridine rings is 2. The highest BCUT2D eigenvalue weighted by Crippen LogP contribution is 2.41. The van der Waals surface area contributed by atoms with E-state index in [0.29, 0.717) is 27.2 Å². The summed E-state index contributed by atoms with van der Waals surface area (Å²) < 4.78 is 5.40. The Morgan fingerprint density at radius 2 is 1.75 bits per heavy atom. The summed E-state index contributed by atoms with van der Waals surface area (Å²) in [5, 5.41) is 9.17. The van der Waals surface area contributed by atoms with Gasteiger partial charge in [-0.05, 0) is 26.0 Å². The van der Waals surface area contributed by atoms with Crippen molar-refractivity contribution < 1.29 is 4.74 Å².